The van der Waals surface area contributed by atoms with E-state index in [4.69, 9.17) is 0 Å². The van der Waals surface area contributed by atoms with Crippen molar-refractivity contribution in [3.8, 4) is 123 Å². The highest BCUT2D eigenvalue weighted by molar-refractivity contribution is 7.25. The third-order valence-electron chi connectivity index (χ3n) is 28.4. The van der Waals surface area contributed by atoms with Gasteiger partial charge in [-0.3, -0.25) is 0 Å². The maximum Gasteiger partial charge on any atom is 0.252 e. The third-order valence-corrected chi connectivity index (χ3v) is 29.6. The van der Waals surface area contributed by atoms with E-state index in [0.717, 1.165) is 123 Å². The van der Waals surface area contributed by atoms with Crippen LogP contribution in [-0.2, 0) is 16.2 Å². The first-order chi connectivity index (χ1) is 64.3. The number of nitrogens with zero attached hydrogens (tertiary/aromatic N) is 4. The molecule has 6 heterocycles. The van der Waals surface area contributed by atoms with E-state index in [2.05, 4.69) is 494 Å². The van der Waals surface area contributed by atoms with Crippen LogP contribution in [0.4, 0.5) is 34.1 Å². The van der Waals surface area contributed by atoms with Crippen LogP contribution in [-0.4, -0.2) is 15.8 Å². The van der Waals surface area contributed by atoms with E-state index in [1.807, 2.05) is 11.3 Å². The van der Waals surface area contributed by atoms with Crippen molar-refractivity contribution >= 4 is 132 Å². The van der Waals surface area contributed by atoms with Crippen molar-refractivity contribution in [3.05, 3.63) is 429 Å². The minimum Gasteiger partial charge on any atom is -0.310 e. The zero-order chi connectivity index (χ0) is 88.7. The van der Waals surface area contributed by atoms with Gasteiger partial charge in [0.15, 0.2) is 0 Å². The zero-order valence-electron chi connectivity index (χ0n) is 75.5. The molecule has 0 N–H and O–H groups in total. The van der Waals surface area contributed by atoms with Gasteiger partial charge in [-0.1, -0.05) is 329 Å². The molecule has 0 amide bonds. The van der Waals surface area contributed by atoms with Crippen LogP contribution >= 0.6 is 11.3 Å². The Morgan fingerprint density at radius 3 is 0.871 bits per heavy atom. The molecule has 0 spiro atoms. The summed E-state index contributed by atoms with van der Waals surface area (Å²) in [5, 5.41) is 7.30. The molecule has 13 bridgehead atoms. The van der Waals surface area contributed by atoms with E-state index in [9.17, 15) is 0 Å². The zero-order valence-corrected chi connectivity index (χ0v) is 76.4. The molecule has 22 aromatic rings. The van der Waals surface area contributed by atoms with Crippen molar-refractivity contribution in [1.29, 1.82) is 0 Å². The van der Waals surface area contributed by atoms with E-state index in [1.54, 1.807) is 0 Å². The van der Waals surface area contributed by atoms with Crippen LogP contribution in [0.3, 0.4) is 0 Å². The van der Waals surface area contributed by atoms with Crippen molar-refractivity contribution in [2.45, 2.75) is 78.6 Å². The molecule has 6 heteroatoms. The average molecular weight is 1710 g/mol. The van der Waals surface area contributed by atoms with E-state index >= 15 is 0 Å². The molecule has 0 unspecified atom stereocenters. The SMILES string of the molecule is CC(C)(C)c1cc(-c2ccccc2)c2c(c1)-c1cccc(c1)-c1ccc3sc4ccc(cc4c3c1)-c1cccc(c1)-c1cc(C(C)(C)C)cc(-c3ccccc3)c1N1c3cc(-n4c5ccccc5c5cc(-c6cccc(-c7ccccc7)c6)ccc54)ccc3B3c4ccc(-n5c6ccccc6c6cc(-c7cccc(-c8ccccc8)c7)ccc65)cc4N2c2cc(C(C)(C)C)cc1c23. The number of hydrogen-bond acceptors (Lipinski definition) is 3. The number of rotatable bonds is 8. The Balaban J connectivity index is 0.831. The number of benzene rings is 19. The second-order valence-corrected chi connectivity index (χ2v) is 40.7. The van der Waals surface area contributed by atoms with E-state index in [0.29, 0.717) is 0 Å². The lowest BCUT2D eigenvalue weighted by molar-refractivity contribution is 0.590. The molecule has 132 heavy (non-hydrogen) atoms. The number of thiophene rings is 1. The molecule has 0 fully saturated rings. The predicted molar refractivity (Wildman–Crippen MR) is 566 cm³/mol. The second kappa shape index (κ2) is 30.1. The first-order valence-electron chi connectivity index (χ1n) is 46.4. The fourth-order valence-electron chi connectivity index (χ4n) is 21.6. The smallest absolute Gasteiger partial charge is 0.252 e. The molecule has 0 saturated carbocycles. The fourth-order valence-corrected chi connectivity index (χ4v) is 22.7. The van der Waals surface area contributed by atoms with Crippen molar-refractivity contribution in [2.75, 3.05) is 9.80 Å². The van der Waals surface area contributed by atoms with Gasteiger partial charge in [0.1, 0.15) is 0 Å². The highest BCUT2D eigenvalue weighted by Gasteiger charge is 2.47. The summed E-state index contributed by atoms with van der Waals surface area (Å²) in [6.45, 7) is 21.3. The van der Waals surface area contributed by atoms with Crippen molar-refractivity contribution in [2.24, 2.45) is 0 Å². The van der Waals surface area contributed by atoms with Gasteiger partial charge >= 0.3 is 0 Å². The molecular formula is C126H95BN4S. The second-order valence-electron chi connectivity index (χ2n) is 39.6. The summed E-state index contributed by atoms with van der Waals surface area (Å²) in [6, 6.07) is 159. The summed E-state index contributed by atoms with van der Waals surface area (Å²) in [5.41, 5.74) is 43.1. The van der Waals surface area contributed by atoms with Crippen LogP contribution in [0.5, 0.6) is 0 Å². The molecule has 3 aromatic heterocycles. The fraction of sp³-hybridized carbons (Fsp3) is 0.0952. The molecule has 0 radical (unpaired) electrons. The van der Waals surface area contributed by atoms with Crippen LogP contribution in [0.2, 0.25) is 0 Å². The lowest BCUT2D eigenvalue weighted by atomic mass is 9.33. The topological polar surface area (TPSA) is 16.3 Å². The number of fused-ring (bicyclic) bond motifs is 26. The minimum absolute atomic E-state index is 0.275. The van der Waals surface area contributed by atoms with E-state index in [-0.39, 0.29) is 17.5 Å². The van der Waals surface area contributed by atoms with Gasteiger partial charge in [0, 0.05) is 98.1 Å². The Morgan fingerprint density at radius 1 is 0.205 bits per heavy atom. The summed E-state index contributed by atoms with van der Waals surface area (Å²) in [5.74, 6) is 0. The Labute approximate surface area is 776 Å². The first-order valence-corrected chi connectivity index (χ1v) is 47.2. The molecule has 3 aliphatic heterocycles. The van der Waals surface area contributed by atoms with Gasteiger partial charge in [-0.2, -0.15) is 0 Å². The van der Waals surface area contributed by atoms with Crippen molar-refractivity contribution in [3.63, 3.8) is 0 Å². The standard InChI is InChI=1S/C126H95BN4S/c1-124(2,3)94-70-101(80-34-18-12-19-35-80)122-103(72-94)92-44-28-42-86(64-92)90-52-60-119-107(68-90)108-69-91(53-61-120(108)132-119)87-43-29-45-93(65-87)104-73-95(125(4,5)6)71-102(81-36-20-13-21-37-81)123(104)131-116-77-98(129-112-49-25-23-47-100(112)106-67-89(51-59-114(106)129)85-41-27-39-83(63-85)79-32-16-11-17-33-79)55-57-110(116)127-109-56-54-97(76-115(109)130(122)117-74-96(126(7,8)9)75-118(131)121(117)127)128-111-48-24-22-46-99(111)105-66-88(50-58-113(105)128)84-40-26-38-82(62-84)78-30-14-10-15-31-78/h10-77H,1-9H3. The van der Waals surface area contributed by atoms with Crippen LogP contribution in [0.15, 0.2) is 413 Å². The molecule has 3 aliphatic rings. The quantitative estimate of drug-likeness (QED) is 0.141. The molecule has 0 atom stereocenters. The maximum absolute atomic E-state index is 2.78. The number of hydrogen-bond donors (Lipinski definition) is 0. The highest BCUT2D eigenvalue weighted by Crippen LogP contribution is 2.57. The van der Waals surface area contributed by atoms with Crippen LogP contribution in [0, 0.1) is 0 Å². The largest absolute Gasteiger partial charge is 0.310 e. The van der Waals surface area contributed by atoms with Gasteiger partial charge in [-0.25, -0.2) is 0 Å². The number of para-hydroxylation sites is 2. The Kier molecular flexibility index (Phi) is 18.0. The monoisotopic (exact) mass is 1710 g/mol. The van der Waals surface area contributed by atoms with Gasteiger partial charge in [0.05, 0.1) is 33.4 Å². The third kappa shape index (κ3) is 12.9. The summed E-state index contributed by atoms with van der Waals surface area (Å²) in [4.78, 5) is 5.56. The maximum atomic E-state index is 2.78. The first kappa shape index (κ1) is 78.9. The van der Waals surface area contributed by atoms with E-state index in [1.165, 1.54) is 130 Å². The van der Waals surface area contributed by atoms with Gasteiger partial charge in [0.25, 0.3) is 6.71 Å². The number of anilines is 6. The van der Waals surface area contributed by atoms with Gasteiger partial charge in [0.2, 0.25) is 0 Å². The summed E-state index contributed by atoms with van der Waals surface area (Å²) in [6.07, 6.45) is 0. The Morgan fingerprint density at radius 2 is 0.492 bits per heavy atom. The van der Waals surface area contributed by atoms with Crippen LogP contribution in [0.1, 0.15) is 79.0 Å². The van der Waals surface area contributed by atoms with Crippen molar-refractivity contribution in [1.82, 2.24) is 9.13 Å². The molecule has 628 valence electrons. The summed E-state index contributed by atoms with van der Waals surface area (Å²) < 4.78 is 7.65. The molecule has 25 rings (SSSR count). The van der Waals surface area contributed by atoms with Crippen LogP contribution in [0.25, 0.3) is 186 Å². The minimum atomic E-state index is -0.404. The lowest BCUT2D eigenvalue weighted by Gasteiger charge is -2.47. The number of aromatic nitrogens is 2. The lowest BCUT2D eigenvalue weighted by Crippen LogP contribution is -2.61. The summed E-state index contributed by atoms with van der Waals surface area (Å²) >= 11 is 1.88. The molecule has 4 nitrogen and oxygen atoms in total. The summed E-state index contributed by atoms with van der Waals surface area (Å²) in [7, 11) is 0. The molecular weight excluding hydrogens is 1610 g/mol. The van der Waals surface area contributed by atoms with Crippen LogP contribution < -0.4 is 26.2 Å². The average Bonchev–Trinajstić information content (AvgIpc) is 0.778. The Bertz CT molecular complexity index is 8040. The van der Waals surface area contributed by atoms with Gasteiger partial charge in [-0.15, -0.1) is 11.3 Å². The highest BCUT2D eigenvalue weighted by atomic mass is 32.1. The van der Waals surface area contributed by atoms with Crippen molar-refractivity contribution < 1.29 is 0 Å². The molecule has 0 saturated heterocycles. The van der Waals surface area contributed by atoms with E-state index < -0.39 is 5.41 Å². The molecule has 19 aromatic carbocycles. The van der Waals surface area contributed by atoms with Gasteiger partial charge < -0.3 is 18.9 Å². The van der Waals surface area contributed by atoms with Gasteiger partial charge in [-0.05, 0) is 284 Å². The Hall–Kier alpha value is -15.3. The molecule has 0 aliphatic carbocycles. The normalized spacial score (nSPS) is 12.8. The predicted octanol–water partition coefficient (Wildman–Crippen LogP) is 33.2.